The number of carbonyl (C=O) groups excluding carboxylic acids is 1. The van der Waals surface area contributed by atoms with Crippen molar-refractivity contribution in [2.45, 2.75) is 18.4 Å². The fourth-order valence-electron chi connectivity index (χ4n) is 1.04. The molecule has 0 bridgehead atoms. The molecule has 0 saturated heterocycles. The number of carbonyl (C=O) groups is 2. The van der Waals surface area contributed by atoms with Gasteiger partial charge in [-0.05, 0) is 19.1 Å². The van der Waals surface area contributed by atoms with Crippen molar-refractivity contribution in [2.75, 3.05) is 12.3 Å². The third-order valence-corrected chi connectivity index (χ3v) is 2.65. The van der Waals surface area contributed by atoms with Crippen LogP contribution in [0.2, 0.25) is 0 Å². The van der Waals surface area contributed by atoms with Gasteiger partial charge in [-0.1, -0.05) is 11.8 Å². The van der Waals surface area contributed by atoms with Crippen LogP contribution in [0.15, 0.2) is 21.6 Å². The summed E-state index contributed by atoms with van der Waals surface area (Å²) in [7, 11) is 0. The summed E-state index contributed by atoms with van der Waals surface area (Å²) in [6.07, 6.45) is 0.390. The SMILES string of the molecule is CCNC(=O)CCSc1ccc(C(=O)O)o1. The Kier molecular flexibility index (Phi) is 4.91. The molecule has 0 aromatic carbocycles. The van der Waals surface area contributed by atoms with Crippen LogP contribution in [0.1, 0.15) is 23.9 Å². The van der Waals surface area contributed by atoms with E-state index < -0.39 is 5.97 Å². The Balaban J connectivity index is 2.32. The van der Waals surface area contributed by atoms with Crippen LogP contribution >= 0.6 is 11.8 Å². The Hall–Kier alpha value is -1.43. The van der Waals surface area contributed by atoms with Gasteiger partial charge < -0.3 is 14.8 Å². The Bertz CT molecular complexity index is 375. The van der Waals surface area contributed by atoms with Crippen molar-refractivity contribution in [1.29, 1.82) is 0 Å². The van der Waals surface area contributed by atoms with Crippen LogP contribution in [-0.4, -0.2) is 29.3 Å². The van der Waals surface area contributed by atoms with E-state index in [-0.39, 0.29) is 11.7 Å². The first-order chi connectivity index (χ1) is 7.63. The molecule has 0 spiro atoms. The lowest BCUT2D eigenvalue weighted by atomic mass is 10.4. The molecule has 88 valence electrons. The van der Waals surface area contributed by atoms with E-state index in [4.69, 9.17) is 9.52 Å². The highest BCUT2D eigenvalue weighted by Gasteiger charge is 2.09. The highest BCUT2D eigenvalue weighted by atomic mass is 32.2. The standard InChI is InChI=1S/C10H13NO4S/c1-2-11-8(12)5-6-16-9-4-3-7(15-9)10(13)14/h3-4H,2,5-6H2,1H3,(H,11,12)(H,13,14). The Morgan fingerprint density at radius 1 is 1.50 bits per heavy atom. The van der Waals surface area contributed by atoms with Crippen molar-refractivity contribution in [3.05, 3.63) is 17.9 Å². The molecule has 1 heterocycles. The summed E-state index contributed by atoms with van der Waals surface area (Å²) in [6.45, 7) is 2.48. The van der Waals surface area contributed by atoms with Crippen molar-refractivity contribution in [3.63, 3.8) is 0 Å². The van der Waals surface area contributed by atoms with E-state index in [1.165, 1.54) is 17.8 Å². The number of carboxylic acid groups (broad SMARTS) is 1. The van der Waals surface area contributed by atoms with Crippen LogP contribution in [0.5, 0.6) is 0 Å². The normalized spacial score (nSPS) is 10.1. The van der Waals surface area contributed by atoms with E-state index in [1.807, 2.05) is 6.92 Å². The van der Waals surface area contributed by atoms with Crippen LogP contribution in [-0.2, 0) is 4.79 Å². The van der Waals surface area contributed by atoms with Gasteiger partial charge in [-0.3, -0.25) is 4.79 Å². The van der Waals surface area contributed by atoms with Gasteiger partial charge in [-0.25, -0.2) is 4.79 Å². The molecule has 0 aliphatic heterocycles. The maximum atomic E-state index is 11.1. The molecule has 2 N–H and O–H groups in total. The minimum absolute atomic E-state index is 0.0139. The van der Waals surface area contributed by atoms with Crippen LogP contribution in [0.3, 0.4) is 0 Å². The molecule has 0 aliphatic rings. The number of rotatable bonds is 6. The molecule has 1 amide bonds. The highest BCUT2D eigenvalue weighted by molar-refractivity contribution is 7.99. The summed E-state index contributed by atoms with van der Waals surface area (Å²) in [5, 5.41) is 11.8. The fraction of sp³-hybridized carbons (Fsp3) is 0.400. The van der Waals surface area contributed by atoms with Gasteiger partial charge in [0.25, 0.3) is 0 Å². The van der Waals surface area contributed by atoms with E-state index in [0.29, 0.717) is 23.8 Å². The Morgan fingerprint density at radius 2 is 2.25 bits per heavy atom. The summed E-state index contributed by atoms with van der Waals surface area (Å²) < 4.78 is 5.02. The topological polar surface area (TPSA) is 79.5 Å². The molecular weight excluding hydrogens is 230 g/mol. The Labute approximate surface area is 97.2 Å². The first kappa shape index (κ1) is 12.6. The molecule has 16 heavy (non-hydrogen) atoms. The van der Waals surface area contributed by atoms with E-state index in [1.54, 1.807) is 6.07 Å². The van der Waals surface area contributed by atoms with Crippen molar-refractivity contribution in [3.8, 4) is 0 Å². The Morgan fingerprint density at radius 3 is 2.81 bits per heavy atom. The fourth-order valence-corrected chi connectivity index (χ4v) is 1.84. The summed E-state index contributed by atoms with van der Waals surface area (Å²) in [5.74, 6) is -0.616. The molecule has 0 radical (unpaired) electrons. The number of nitrogens with one attached hydrogen (secondary N) is 1. The molecule has 0 atom stereocenters. The largest absolute Gasteiger partial charge is 0.475 e. The summed E-state index contributed by atoms with van der Waals surface area (Å²) in [4.78, 5) is 21.6. The third kappa shape index (κ3) is 3.98. The van der Waals surface area contributed by atoms with Crippen molar-refractivity contribution in [2.24, 2.45) is 0 Å². The number of furan rings is 1. The number of hydrogen-bond acceptors (Lipinski definition) is 4. The number of aromatic carboxylic acids is 1. The van der Waals surface area contributed by atoms with Gasteiger partial charge in [0.15, 0.2) is 5.09 Å². The van der Waals surface area contributed by atoms with Gasteiger partial charge in [0.1, 0.15) is 0 Å². The lowest BCUT2D eigenvalue weighted by molar-refractivity contribution is -0.120. The number of thioether (sulfide) groups is 1. The monoisotopic (exact) mass is 243 g/mol. The molecule has 0 unspecified atom stereocenters. The average molecular weight is 243 g/mol. The lowest BCUT2D eigenvalue weighted by Crippen LogP contribution is -2.22. The van der Waals surface area contributed by atoms with Gasteiger partial charge in [0.2, 0.25) is 11.7 Å². The molecule has 0 aliphatic carbocycles. The van der Waals surface area contributed by atoms with Crippen LogP contribution in [0, 0.1) is 0 Å². The quantitative estimate of drug-likeness (QED) is 0.742. The molecule has 1 aromatic rings. The van der Waals surface area contributed by atoms with Gasteiger partial charge in [0.05, 0.1) is 0 Å². The van der Waals surface area contributed by atoms with Crippen LogP contribution < -0.4 is 5.32 Å². The molecule has 5 nitrogen and oxygen atoms in total. The zero-order valence-corrected chi connectivity index (χ0v) is 9.67. The molecule has 1 rings (SSSR count). The van der Waals surface area contributed by atoms with E-state index in [2.05, 4.69) is 5.32 Å². The second-order valence-corrected chi connectivity index (χ2v) is 4.08. The second-order valence-electron chi connectivity index (χ2n) is 2.98. The van der Waals surface area contributed by atoms with Crippen molar-refractivity contribution < 1.29 is 19.1 Å². The van der Waals surface area contributed by atoms with Gasteiger partial charge in [0, 0.05) is 18.7 Å². The van der Waals surface area contributed by atoms with Crippen LogP contribution in [0.4, 0.5) is 0 Å². The van der Waals surface area contributed by atoms with E-state index in [9.17, 15) is 9.59 Å². The lowest BCUT2D eigenvalue weighted by Gasteiger charge is -2.00. The highest BCUT2D eigenvalue weighted by Crippen LogP contribution is 2.21. The van der Waals surface area contributed by atoms with E-state index >= 15 is 0 Å². The molecule has 0 saturated carbocycles. The second kappa shape index (κ2) is 6.22. The summed E-state index contributed by atoms with van der Waals surface area (Å²) in [5.41, 5.74) is 0. The average Bonchev–Trinajstić information content (AvgIpc) is 2.67. The summed E-state index contributed by atoms with van der Waals surface area (Å²) in [6, 6.07) is 2.99. The molecule has 1 aromatic heterocycles. The molecule has 0 fully saturated rings. The smallest absolute Gasteiger partial charge is 0.371 e. The van der Waals surface area contributed by atoms with Gasteiger partial charge in [-0.15, -0.1) is 0 Å². The maximum absolute atomic E-state index is 11.1. The first-order valence-corrected chi connectivity index (χ1v) is 5.84. The molecular formula is C10H13NO4S. The predicted octanol–water partition coefficient (Wildman–Crippen LogP) is 1.60. The molecule has 6 heteroatoms. The zero-order chi connectivity index (χ0) is 12.0. The van der Waals surface area contributed by atoms with Gasteiger partial charge >= 0.3 is 5.97 Å². The third-order valence-electron chi connectivity index (χ3n) is 1.74. The number of hydrogen-bond donors (Lipinski definition) is 2. The van der Waals surface area contributed by atoms with Crippen molar-refractivity contribution >= 4 is 23.6 Å². The maximum Gasteiger partial charge on any atom is 0.371 e. The predicted molar refractivity (Wildman–Crippen MR) is 59.7 cm³/mol. The minimum atomic E-state index is -1.09. The first-order valence-electron chi connectivity index (χ1n) is 4.86. The number of carboxylic acids is 1. The van der Waals surface area contributed by atoms with Crippen molar-refractivity contribution in [1.82, 2.24) is 5.32 Å². The minimum Gasteiger partial charge on any atom is -0.475 e. The van der Waals surface area contributed by atoms with Gasteiger partial charge in [-0.2, -0.15) is 0 Å². The number of amides is 1. The van der Waals surface area contributed by atoms with E-state index in [0.717, 1.165) is 0 Å². The van der Waals surface area contributed by atoms with Crippen LogP contribution in [0.25, 0.3) is 0 Å². The zero-order valence-electron chi connectivity index (χ0n) is 8.86. The summed E-state index contributed by atoms with van der Waals surface area (Å²) >= 11 is 1.32.